The Morgan fingerprint density at radius 2 is 1.60 bits per heavy atom. The molecule has 1 rings (SSSR count). The van der Waals surface area contributed by atoms with Gasteiger partial charge in [-0.05, 0) is 64.3 Å². The Morgan fingerprint density at radius 3 is 2.25 bits per heavy atom. The Morgan fingerprint density at radius 1 is 1.00 bits per heavy atom. The van der Waals surface area contributed by atoms with Crippen LogP contribution in [-0.4, -0.2) is 12.1 Å². The number of hydrogen-bond donors (Lipinski definition) is 1. The summed E-state index contributed by atoms with van der Waals surface area (Å²) in [6.45, 7) is 7.46. The van der Waals surface area contributed by atoms with Gasteiger partial charge in [0.25, 0.3) is 0 Å². The normalized spacial score (nSPS) is 11.9. The standard InChI is InChI=1S/C16H24ClF2N/c1-16(2,3)20-9-7-5-4-6-8-12-10-14(18)15(19)11-13(12)17/h10-11,20H,4-9H2,1-3H3. The molecule has 0 aliphatic rings. The van der Waals surface area contributed by atoms with Crippen molar-refractivity contribution in [2.24, 2.45) is 0 Å². The highest BCUT2D eigenvalue weighted by molar-refractivity contribution is 6.31. The molecule has 114 valence electrons. The summed E-state index contributed by atoms with van der Waals surface area (Å²) >= 11 is 5.90. The minimum absolute atomic E-state index is 0.166. The van der Waals surface area contributed by atoms with E-state index in [1.807, 2.05) is 0 Å². The van der Waals surface area contributed by atoms with Crippen LogP contribution in [0.15, 0.2) is 12.1 Å². The number of unbranched alkanes of at least 4 members (excludes halogenated alkanes) is 3. The first-order chi connectivity index (χ1) is 9.29. The van der Waals surface area contributed by atoms with Gasteiger partial charge in [0.2, 0.25) is 0 Å². The van der Waals surface area contributed by atoms with Crippen molar-refractivity contribution in [1.29, 1.82) is 0 Å². The fourth-order valence-corrected chi connectivity index (χ4v) is 2.26. The van der Waals surface area contributed by atoms with Gasteiger partial charge in [0.05, 0.1) is 0 Å². The lowest BCUT2D eigenvalue weighted by atomic mass is 10.0. The van der Waals surface area contributed by atoms with Crippen LogP contribution in [0.1, 0.15) is 52.0 Å². The quantitative estimate of drug-likeness (QED) is 0.545. The van der Waals surface area contributed by atoms with Crippen molar-refractivity contribution in [2.75, 3.05) is 6.54 Å². The van der Waals surface area contributed by atoms with Gasteiger partial charge in [0, 0.05) is 10.6 Å². The monoisotopic (exact) mass is 303 g/mol. The van der Waals surface area contributed by atoms with E-state index in [9.17, 15) is 8.78 Å². The molecule has 20 heavy (non-hydrogen) atoms. The lowest BCUT2D eigenvalue weighted by molar-refractivity contribution is 0.416. The van der Waals surface area contributed by atoms with E-state index in [-0.39, 0.29) is 5.54 Å². The summed E-state index contributed by atoms with van der Waals surface area (Å²) in [6, 6.07) is 2.26. The predicted octanol–water partition coefficient (Wildman–Crippen LogP) is 5.11. The molecule has 1 nitrogen and oxygen atoms in total. The van der Waals surface area contributed by atoms with Crippen LogP contribution in [0.25, 0.3) is 0 Å². The number of hydrogen-bond acceptors (Lipinski definition) is 1. The average Bonchev–Trinajstić information content (AvgIpc) is 2.32. The largest absolute Gasteiger partial charge is 0.312 e. The molecule has 0 atom stereocenters. The number of rotatable bonds is 7. The van der Waals surface area contributed by atoms with Crippen molar-refractivity contribution in [3.63, 3.8) is 0 Å². The fraction of sp³-hybridized carbons (Fsp3) is 0.625. The van der Waals surface area contributed by atoms with Crippen molar-refractivity contribution < 1.29 is 8.78 Å². The van der Waals surface area contributed by atoms with Gasteiger partial charge in [-0.25, -0.2) is 8.78 Å². The molecule has 0 saturated carbocycles. The third-order valence-electron chi connectivity index (χ3n) is 3.12. The average molecular weight is 304 g/mol. The number of aryl methyl sites for hydroxylation is 1. The second kappa shape index (κ2) is 7.94. The van der Waals surface area contributed by atoms with E-state index < -0.39 is 11.6 Å². The molecule has 0 fully saturated rings. The zero-order chi connectivity index (χ0) is 15.2. The van der Waals surface area contributed by atoms with E-state index in [1.165, 1.54) is 6.07 Å². The van der Waals surface area contributed by atoms with Crippen LogP contribution in [0.4, 0.5) is 8.78 Å². The summed E-state index contributed by atoms with van der Waals surface area (Å²) in [7, 11) is 0. The van der Waals surface area contributed by atoms with Gasteiger partial charge in [-0.3, -0.25) is 0 Å². The summed E-state index contributed by atoms with van der Waals surface area (Å²) in [6.07, 6.45) is 4.97. The Labute approximate surface area is 125 Å². The smallest absolute Gasteiger partial charge is 0.160 e. The minimum atomic E-state index is -0.882. The molecule has 0 bridgehead atoms. The highest BCUT2D eigenvalue weighted by atomic mass is 35.5. The second-order valence-corrected chi connectivity index (χ2v) is 6.61. The molecule has 0 spiro atoms. The molecular weight excluding hydrogens is 280 g/mol. The summed E-state index contributed by atoms with van der Waals surface area (Å²) < 4.78 is 26.0. The van der Waals surface area contributed by atoms with Crippen LogP contribution in [0.3, 0.4) is 0 Å². The molecule has 1 N–H and O–H groups in total. The molecule has 0 unspecified atom stereocenters. The number of nitrogens with one attached hydrogen (secondary N) is 1. The lowest BCUT2D eigenvalue weighted by Crippen LogP contribution is -2.36. The van der Waals surface area contributed by atoms with Crippen molar-refractivity contribution in [3.8, 4) is 0 Å². The molecule has 0 aliphatic carbocycles. The highest BCUT2D eigenvalue weighted by Crippen LogP contribution is 2.22. The van der Waals surface area contributed by atoms with Gasteiger partial charge in [-0.1, -0.05) is 24.4 Å². The van der Waals surface area contributed by atoms with Crippen molar-refractivity contribution in [1.82, 2.24) is 5.32 Å². The van der Waals surface area contributed by atoms with E-state index in [0.29, 0.717) is 17.0 Å². The maximum atomic E-state index is 13.1. The van der Waals surface area contributed by atoms with Crippen molar-refractivity contribution in [3.05, 3.63) is 34.4 Å². The van der Waals surface area contributed by atoms with Gasteiger partial charge in [0.1, 0.15) is 0 Å². The Hall–Kier alpha value is -0.670. The van der Waals surface area contributed by atoms with Crippen LogP contribution >= 0.6 is 11.6 Å². The topological polar surface area (TPSA) is 12.0 Å². The van der Waals surface area contributed by atoms with E-state index in [2.05, 4.69) is 26.1 Å². The maximum Gasteiger partial charge on any atom is 0.160 e. The summed E-state index contributed by atoms with van der Waals surface area (Å²) in [4.78, 5) is 0. The molecule has 4 heteroatoms. The lowest BCUT2D eigenvalue weighted by Gasteiger charge is -2.20. The first kappa shape index (κ1) is 17.4. The van der Waals surface area contributed by atoms with Crippen LogP contribution in [0, 0.1) is 11.6 Å². The zero-order valence-corrected chi connectivity index (χ0v) is 13.3. The molecule has 0 heterocycles. The third-order valence-corrected chi connectivity index (χ3v) is 3.47. The van der Waals surface area contributed by atoms with E-state index in [4.69, 9.17) is 11.6 Å². The summed E-state index contributed by atoms with van der Waals surface area (Å²) in [5, 5.41) is 3.76. The second-order valence-electron chi connectivity index (χ2n) is 6.20. The van der Waals surface area contributed by atoms with Gasteiger partial charge >= 0.3 is 0 Å². The van der Waals surface area contributed by atoms with Gasteiger partial charge < -0.3 is 5.32 Å². The molecule has 0 radical (unpaired) electrons. The molecule has 1 aromatic carbocycles. The molecule has 0 aliphatic heterocycles. The van der Waals surface area contributed by atoms with Crippen molar-refractivity contribution >= 4 is 11.6 Å². The minimum Gasteiger partial charge on any atom is -0.312 e. The van der Waals surface area contributed by atoms with Gasteiger partial charge in [-0.15, -0.1) is 0 Å². The van der Waals surface area contributed by atoms with Gasteiger partial charge in [0.15, 0.2) is 11.6 Å². The Bertz CT molecular complexity index is 427. The number of benzene rings is 1. The molecule has 1 aromatic rings. The summed E-state index contributed by atoms with van der Waals surface area (Å²) in [5.41, 5.74) is 0.859. The first-order valence-corrected chi connectivity index (χ1v) is 7.56. The van der Waals surface area contributed by atoms with Crippen LogP contribution in [0.2, 0.25) is 5.02 Å². The van der Waals surface area contributed by atoms with Crippen LogP contribution in [0.5, 0.6) is 0 Å². The maximum absolute atomic E-state index is 13.1. The first-order valence-electron chi connectivity index (χ1n) is 7.18. The number of halogens is 3. The summed E-state index contributed by atoms with van der Waals surface area (Å²) in [5.74, 6) is -1.70. The SMILES string of the molecule is CC(C)(C)NCCCCCCc1cc(F)c(F)cc1Cl. The third kappa shape index (κ3) is 6.67. The zero-order valence-electron chi connectivity index (χ0n) is 12.5. The highest BCUT2D eigenvalue weighted by Gasteiger charge is 2.09. The van der Waals surface area contributed by atoms with Crippen LogP contribution < -0.4 is 5.32 Å². The van der Waals surface area contributed by atoms with E-state index >= 15 is 0 Å². The molecular formula is C16H24ClF2N. The van der Waals surface area contributed by atoms with Crippen molar-refractivity contribution in [2.45, 2.75) is 58.4 Å². The van der Waals surface area contributed by atoms with Crippen LogP contribution in [-0.2, 0) is 6.42 Å². The molecule has 0 aromatic heterocycles. The van der Waals surface area contributed by atoms with E-state index in [0.717, 1.165) is 38.3 Å². The Kier molecular flexibility index (Phi) is 6.90. The molecule has 0 saturated heterocycles. The van der Waals surface area contributed by atoms with E-state index in [1.54, 1.807) is 0 Å². The Balaban J connectivity index is 2.20. The fourth-order valence-electron chi connectivity index (χ4n) is 2.01. The molecule has 0 amide bonds. The van der Waals surface area contributed by atoms with Gasteiger partial charge in [-0.2, -0.15) is 0 Å². The predicted molar refractivity (Wildman–Crippen MR) is 81.3 cm³/mol.